The maximum atomic E-state index is 10.3. The molecule has 6 heteroatoms. The van der Waals surface area contributed by atoms with Gasteiger partial charge >= 0.3 is 0 Å². The summed E-state index contributed by atoms with van der Waals surface area (Å²) in [5, 5.41) is 0. The lowest BCUT2D eigenvalue weighted by molar-refractivity contribution is 0.378. The quantitative estimate of drug-likeness (QED) is 0.577. The predicted molar refractivity (Wildman–Crippen MR) is 35.2 cm³/mol. The summed E-state index contributed by atoms with van der Waals surface area (Å²) in [7, 11) is 1.29. The van der Waals surface area contributed by atoms with Crippen molar-refractivity contribution in [1.29, 1.82) is 0 Å². The molecular formula is C3H8O4S2. The lowest BCUT2D eigenvalue weighted by atomic mass is 11.7. The maximum absolute atomic E-state index is 10.3. The van der Waals surface area contributed by atoms with Crippen molar-refractivity contribution in [2.24, 2.45) is 0 Å². The molecule has 0 aromatic rings. The van der Waals surface area contributed by atoms with Crippen LogP contribution in [-0.2, 0) is 30.5 Å². The van der Waals surface area contributed by atoms with Crippen LogP contribution in [0.25, 0.3) is 0 Å². The fraction of sp³-hybridized carbons (Fsp3) is 1.00. The second-order valence-corrected chi connectivity index (χ2v) is 3.32. The number of hydrogen-bond donors (Lipinski definition) is 0. The molecule has 0 aliphatic heterocycles. The Morgan fingerprint density at radius 1 is 1.44 bits per heavy atom. The summed E-state index contributed by atoms with van der Waals surface area (Å²) in [6.07, 6.45) is 1.35. The largest absolute Gasteiger partial charge is 0.292 e. The molecule has 2 unspecified atom stereocenters. The first-order chi connectivity index (χ1) is 4.16. The van der Waals surface area contributed by atoms with Crippen LogP contribution in [0.3, 0.4) is 0 Å². The molecule has 0 spiro atoms. The van der Waals surface area contributed by atoms with Crippen molar-refractivity contribution < 1.29 is 16.8 Å². The normalized spacial score (nSPS) is 17.1. The summed E-state index contributed by atoms with van der Waals surface area (Å²) in [4.78, 5) is 0. The van der Waals surface area contributed by atoms with Crippen molar-refractivity contribution in [2.75, 3.05) is 19.3 Å². The van der Waals surface area contributed by atoms with Crippen molar-refractivity contribution in [2.45, 2.75) is 0 Å². The monoisotopic (exact) mass is 172 g/mol. The minimum Gasteiger partial charge on any atom is -0.292 e. The van der Waals surface area contributed by atoms with Gasteiger partial charge in [-0.05, 0) is 0 Å². The molecule has 0 aromatic heterocycles. The summed E-state index contributed by atoms with van der Waals surface area (Å²) in [6, 6.07) is 0. The zero-order valence-electron chi connectivity index (χ0n) is 5.16. The Hall–Kier alpha value is 0.220. The van der Waals surface area contributed by atoms with Crippen LogP contribution in [0, 0.1) is 0 Å². The van der Waals surface area contributed by atoms with Gasteiger partial charge in [0.05, 0.1) is 7.11 Å². The fourth-order valence-electron chi connectivity index (χ4n) is 0.155. The van der Waals surface area contributed by atoms with Gasteiger partial charge in [-0.25, -0.2) is 8.42 Å². The minimum atomic E-state index is -1.46. The van der Waals surface area contributed by atoms with E-state index in [1.165, 1.54) is 13.4 Å². The minimum absolute atomic E-state index is 0.139. The second kappa shape index (κ2) is 5.04. The highest BCUT2D eigenvalue weighted by Crippen LogP contribution is 1.85. The van der Waals surface area contributed by atoms with E-state index in [9.17, 15) is 8.42 Å². The van der Waals surface area contributed by atoms with Gasteiger partial charge in [0.1, 0.15) is 0 Å². The lowest BCUT2D eigenvalue weighted by Crippen LogP contribution is -2.04. The highest BCUT2D eigenvalue weighted by Gasteiger charge is 1.97. The molecule has 4 nitrogen and oxygen atoms in total. The van der Waals surface area contributed by atoms with Crippen LogP contribution in [0.2, 0.25) is 0 Å². The highest BCUT2D eigenvalue weighted by atomic mass is 32.2. The van der Waals surface area contributed by atoms with Crippen LogP contribution in [0.1, 0.15) is 0 Å². The molecule has 0 rings (SSSR count). The van der Waals surface area contributed by atoms with E-state index >= 15 is 0 Å². The van der Waals surface area contributed by atoms with E-state index in [-0.39, 0.29) is 5.94 Å². The Morgan fingerprint density at radius 2 is 2.00 bits per heavy atom. The average molecular weight is 172 g/mol. The molecule has 0 radical (unpaired) electrons. The van der Waals surface area contributed by atoms with E-state index < -0.39 is 22.2 Å². The molecule has 0 fully saturated rings. The first kappa shape index (κ1) is 9.22. The van der Waals surface area contributed by atoms with Crippen molar-refractivity contribution >= 4 is 22.2 Å². The van der Waals surface area contributed by atoms with E-state index in [1.807, 2.05) is 0 Å². The van der Waals surface area contributed by atoms with Crippen LogP contribution in [0.5, 0.6) is 0 Å². The summed E-state index contributed by atoms with van der Waals surface area (Å²) >= 11 is -2.82. The molecule has 0 heterocycles. The molecule has 0 amide bonds. The van der Waals surface area contributed by atoms with Crippen molar-refractivity contribution in [3.8, 4) is 0 Å². The fourth-order valence-corrected chi connectivity index (χ4v) is 1.11. The van der Waals surface area contributed by atoms with Gasteiger partial charge in [0.25, 0.3) is 0 Å². The standard InChI is InChI=1S/C3H8O4S2/c1-6-9(5)3-7-8(2)4/h3H2,1-2H3. The Bertz CT molecular complexity index is 123. The molecule has 0 N–H and O–H groups in total. The molecular weight excluding hydrogens is 164 g/mol. The molecule has 0 aliphatic rings. The van der Waals surface area contributed by atoms with Crippen LogP contribution >= 0.6 is 0 Å². The van der Waals surface area contributed by atoms with Crippen LogP contribution in [0.15, 0.2) is 0 Å². The first-order valence-electron chi connectivity index (χ1n) is 2.06. The Labute approximate surface area is 58.9 Å². The van der Waals surface area contributed by atoms with Gasteiger partial charge in [-0.3, -0.25) is 8.37 Å². The van der Waals surface area contributed by atoms with E-state index in [0.717, 1.165) is 0 Å². The zero-order chi connectivity index (χ0) is 7.28. The van der Waals surface area contributed by atoms with Crippen LogP contribution in [-0.4, -0.2) is 27.7 Å². The van der Waals surface area contributed by atoms with Crippen molar-refractivity contribution in [3.63, 3.8) is 0 Å². The van der Waals surface area contributed by atoms with Crippen LogP contribution in [0.4, 0.5) is 0 Å². The third kappa shape index (κ3) is 6.10. The molecule has 0 bridgehead atoms. The van der Waals surface area contributed by atoms with Gasteiger partial charge in [0.15, 0.2) is 28.1 Å². The predicted octanol–water partition coefficient (Wildman–Crippen LogP) is -0.436. The first-order valence-corrected chi connectivity index (χ1v) is 4.79. The third-order valence-electron chi connectivity index (χ3n) is 0.496. The van der Waals surface area contributed by atoms with Crippen LogP contribution < -0.4 is 0 Å². The van der Waals surface area contributed by atoms with E-state index in [4.69, 9.17) is 0 Å². The molecule has 0 aromatic carbocycles. The summed E-state index contributed by atoms with van der Waals surface area (Å²) in [5.41, 5.74) is 0. The van der Waals surface area contributed by atoms with Gasteiger partial charge in [0.2, 0.25) is 0 Å². The second-order valence-electron chi connectivity index (χ2n) is 1.11. The number of hydrogen-bond acceptors (Lipinski definition) is 4. The van der Waals surface area contributed by atoms with Gasteiger partial charge in [-0.2, -0.15) is 0 Å². The van der Waals surface area contributed by atoms with Crippen molar-refractivity contribution in [1.82, 2.24) is 0 Å². The van der Waals surface area contributed by atoms with Gasteiger partial charge < -0.3 is 0 Å². The SMILES string of the molecule is COS(=O)COS(C)=O. The average Bonchev–Trinajstić information content (AvgIpc) is 1.83. The highest BCUT2D eigenvalue weighted by molar-refractivity contribution is 7.82. The van der Waals surface area contributed by atoms with E-state index in [2.05, 4.69) is 8.37 Å². The molecule has 0 saturated heterocycles. The summed E-state index contributed by atoms with van der Waals surface area (Å²) in [5.74, 6) is -0.139. The molecule has 9 heavy (non-hydrogen) atoms. The summed E-state index contributed by atoms with van der Waals surface area (Å²) < 4.78 is 29.3. The third-order valence-corrected chi connectivity index (χ3v) is 1.78. The Balaban J connectivity index is 3.28. The number of rotatable bonds is 4. The smallest absolute Gasteiger partial charge is 0.183 e. The molecule has 0 saturated carbocycles. The molecule has 0 aliphatic carbocycles. The maximum Gasteiger partial charge on any atom is 0.183 e. The Morgan fingerprint density at radius 3 is 2.33 bits per heavy atom. The van der Waals surface area contributed by atoms with Gasteiger partial charge in [-0.1, -0.05) is 0 Å². The zero-order valence-corrected chi connectivity index (χ0v) is 6.79. The summed E-state index contributed by atoms with van der Waals surface area (Å²) in [6.45, 7) is 0. The molecule has 56 valence electrons. The lowest BCUT2D eigenvalue weighted by Gasteiger charge is -1.95. The van der Waals surface area contributed by atoms with E-state index in [1.54, 1.807) is 0 Å². The van der Waals surface area contributed by atoms with Gasteiger partial charge in [-0.15, -0.1) is 0 Å². The van der Waals surface area contributed by atoms with Crippen molar-refractivity contribution in [3.05, 3.63) is 0 Å². The topological polar surface area (TPSA) is 52.6 Å². The van der Waals surface area contributed by atoms with Gasteiger partial charge in [0, 0.05) is 6.26 Å². The Kier molecular flexibility index (Phi) is 5.16. The van der Waals surface area contributed by atoms with E-state index in [0.29, 0.717) is 0 Å². The molecule has 2 atom stereocenters.